The molecule has 0 aromatic heterocycles. The summed E-state index contributed by atoms with van der Waals surface area (Å²) in [5, 5.41) is 2.78. The molecule has 3 rings (SSSR count). The molecule has 5 nitrogen and oxygen atoms in total. The Hall–Kier alpha value is -3.38. The molecule has 6 heteroatoms. The number of amides is 1. The minimum absolute atomic E-state index is 0.0976. The van der Waals surface area contributed by atoms with Gasteiger partial charge in [-0.3, -0.25) is 9.59 Å². The summed E-state index contributed by atoms with van der Waals surface area (Å²) in [5.41, 5.74) is 3.21. The summed E-state index contributed by atoms with van der Waals surface area (Å²) in [5.74, 6) is 0.550. The fourth-order valence-electron chi connectivity index (χ4n) is 2.77. The predicted molar refractivity (Wildman–Crippen MR) is 126 cm³/mol. The first-order valence-electron chi connectivity index (χ1n) is 9.60. The molecule has 0 aliphatic heterocycles. The molecular weight excluding hydrogens is 458 g/mol. The average Bonchev–Trinajstić information content (AvgIpc) is 2.78. The summed E-state index contributed by atoms with van der Waals surface area (Å²) >= 11 is 3.35. The third-order valence-electron chi connectivity index (χ3n) is 4.44. The Bertz CT molecular complexity index is 1090. The second-order valence-electron chi connectivity index (χ2n) is 6.82. The second-order valence-corrected chi connectivity index (χ2v) is 7.73. The van der Waals surface area contributed by atoms with Crippen molar-refractivity contribution in [1.29, 1.82) is 0 Å². The highest BCUT2D eigenvalue weighted by Gasteiger charge is 2.09. The number of aryl methyl sites for hydroxylation is 1. The van der Waals surface area contributed by atoms with Gasteiger partial charge in [0.1, 0.15) is 0 Å². The third kappa shape index (κ3) is 6.55. The van der Waals surface area contributed by atoms with Crippen molar-refractivity contribution in [2.45, 2.75) is 6.92 Å². The van der Waals surface area contributed by atoms with Crippen LogP contribution in [0.5, 0.6) is 11.5 Å². The van der Waals surface area contributed by atoms with E-state index in [0.717, 1.165) is 15.6 Å². The largest absolute Gasteiger partial charge is 0.493 e. The highest BCUT2D eigenvalue weighted by atomic mass is 79.9. The van der Waals surface area contributed by atoms with Crippen LogP contribution in [0, 0.1) is 6.92 Å². The molecule has 1 amide bonds. The summed E-state index contributed by atoms with van der Waals surface area (Å²) in [6, 6.07) is 19.9. The number of ether oxygens (including phenoxy) is 2. The van der Waals surface area contributed by atoms with E-state index in [1.807, 2.05) is 43.3 Å². The normalized spacial score (nSPS) is 10.7. The van der Waals surface area contributed by atoms with Crippen molar-refractivity contribution in [2.75, 3.05) is 19.0 Å². The lowest BCUT2D eigenvalue weighted by Crippen LogP contribution is -2.20. The number of hydrogen-bond donors (Lipinski definition) is 1. The van der Waals surface area contributed by atoms with Gasteiger partial charge in [-0.05, 0) is 67.1 Å². The Morgan fingerprint density at radius 1 is 0.968 bits per heavy atom. The van der Waals surface area contributed by atoms with Crippen LogP contribution in [-0.4, -0.2) is 25.4 Å². The first-order valence-corrected chi connectivity index (χ1v) is 10.4. The third-order valence-corrected chi connectivity index (χ3v) is 4.97. The van der Waals surface area contributed by atoms with Crippen LogP contribution in [0.15, 0.2) is 77.3 Å². The molecule has 3 aromatic carbocycles. The molecule has 0 spiro atoms. The van der Waals surface area contributed by atoms with Gasteiger partial charge in [0.05, 0.1) is 7.11 Å². The number of allylic oxidation sites excluding steroid dienone is 1. The van der Waals surface area contributed by atoms with Gasteiger partial charge in [0.25, 0.3) is 5.91 Å². The van der Waals surface area contributed by atoms with Crippen LogP contribution >= 0.6 is 15.9 Å². The first kappa shape index (κ1) is 22.3. The molecule has 0 aliphatic carbocycles. The van der Waals surface area contributed by atoms with Gasteiger partial charge in [-0.1, -0.05) is 45.8 Å². The lowest BCUT2D eigenvalue weighted by molar-refractivity contribution is -0.118. The van der Waals surface area contributed by atoms with Gasteiger partial charge in [-0.2, -0.15) is 0 Å². The lowest BCUT2D eigenvalue weighted by atomic mass is 10.1. The maximum absolute atomic E-state index is 12.3. The average molecular weight is 480 g/mol. The standard InChI is InChI=1S/C25H22BrNO4/c1-17-3-11-21(12-4-17)27-25(29)16-31-23-14-6-18(15-24(23)30-2)5-13-22(28)19-7-9-20(26)10-8-19/h3-15H,16H2,1-2H3,(H,27,29)/b13-5+. The van der Waals surface area contributed by atoms with Crippen molar-refractivity contribution in [3.8, 4) is 11.5 Å². The maximum atomic E-state index is 12.3. The van der Waals surface area contributed by atoms with E-state index in [2.05, 4.69) is 21.2 Å². The molecule has 0 unspecified atom stereocenters. The Labute approximate surface area is 189 Å². The molecule has 0 fully saturated rings. The predicted octanol–water partition coefficient (Wildman–Crippen LogP) is 5.68. The van der Waals surface area contributed by atoms with E-state index < -0.39 is 0 Å². The molecule has 3 aromatic rings. The van der Waals surface area contributed by atoms with Crippen molar-refractivity contribution in [3.63, 3.8) is 0 Å². The molecule has 0 radical (unpaired) electrons. The van der Waals surface area contributed by atoms with Gasteiger partial charge in [0, 0.05) is 15.7 Å². The van der Waals surface area contributed by atoms with Gasteiger partial charge in [-0.15, -0.1) is 0 Å². The Morgan fingerprint density at radius 3 is 2.35 bits per heavy atom. The number of methoxy groups -OCH3 is 1. The van der Waals surface area contributed by atoms with E-state index in [9.17, 15) is 9.59 Å². The number of nitrogens with one attached hydrogen (secondary N) is 1. The van der Waals surface area contributed by atoms with Gasteiger partial charge in [0.15, 0.2) is 23.9 Å². The van der Waals surface area contributed by atoms with Crippen LogP contribution in [0.2, 0.25) is 0 Å². The minimum atomic E-state index is -0.269. The number of hydrogen-bond acceptors (Lipinski definition) is 4. The van der Waals surface area contributed by atoms with Gasteiger partial charge in [0.2, 0.25) is 0 Å². The van der Waals surface area contributed by atoms with Crippen LogP contribution in [0.3, 0.4) is 0 Å². The number of carbonyl (C=O) groups excluding carboxylic acids is 2. The summed E-state index contributed by atoms with van der Waals surface area (Å²) in [7, 11) is 1.52. The molecule has 0 saturated carbocycles. The highest BCUT2D eigenvalue weighted by molar-refractivity contribution is 9.10. The van der Waals surface area contributed by atoms with Crippen molar-refractivity contribution >= 4 is 39.4 Å². The van der Waals surface area contributed by atoms with Crippen LogP contribution in [-0.2, 0) is 4.79 Å². The number of benzene rings is 3. The van der Waals surface area contributed by atoms with E-state index in [-0.39, 0.29) is 18.3 Å². The topological polar surface area (TPSA) is 64.6 Å². The number of rotatable bonds is 8. The van der Waals surface area contributed by atoms with Crippen molar-refractivity contribution in [2.24, 2.45) is 0 Å². The molecule has 0 bridgehead atoms. The summed E-state index contributed by atoms with van der Waals surface area (Å²) in [4.78, 5) is 24.4. The zero-order valence-corrected chi connectivity index (χ0v) is 18.8. The van der Waals surface area contributed by atoms with Crippen LogP contribution in [0.1, 0.15) is 21.5 Å². The fourth-order valence-corrected chi connectivity index (χ4v) is 3.03. The molecule has 31 heavy (non-hydrogen) atoms. The minimum Gasteiger partial charge on any atom is -0.493 e. The molecule has 0 atom stereocenters. The highest BCUT2D eigenvalue weighted by Crippen LogP contribution is 2.28. The molecule has 0 heterocycles. The Morgan fingerprint density at radius 2 is 1.68 bits per heavy atom. The lowest BCUT2D eigenvalue weighted by Gasteiger charge is -2.11. The van der Waals surface area contributed by atoms with E-state index >= 15 is 0 Å². The van der Waals surface area contributed by atoms with E-state index in [4.69, 9.17) is 9.47 Å². The monoisotopic (exact) mass is 479 g/mol. The summed E-state index contributed by atoms with van der Waals surface area (Å²) in [6.45, 7) is 1.83. The van der Waals surface area contributed by atoms with Gasteiger partial charge < -0.3 is 14.8 Å². The van der Waals surface area contributed by atoms with Crippen molar-refractivity contribution in [3.05, 3.63) is 94.0 Å². The molecule has 1 N–H and O–H groups in total. The summed E-state index contributed by atoms with van der Waals surface area (Å²) in [6.07, 6.45) is 3.22. The van der Waals surface area contributed by atoms with Crippen LogP contribution < -0.4 is 14.8 Å². The van der Waals surface area contributed by atoms with E-state index in [0.29, 0.717) is 22.7 Å². The van der Waals surface area contributed by atoms with Crippen molar-refractivity contribution < 1.29 is 19.1 Å². The Balaban J connectivity index is 1.61. The second kappa shape index (κ2) is 10.6. The SMILES string of the molecule is COc1cc(/C=C/C(=O)c2ccc(Br)cc2)ccc1OCC(=O)Nc1ccc(C)cc1. The number of ketones is 1. The zero-order valence-electron chi connectivity index (χ0n) is 17.2. The van der Waals surface area contributed by atoms with Crippen LogP contribution in [0.25, 0.3) is 6.08 Å². The van der Waals surface area contributed by atoms with E-state index in [1.165, 1.54) is 13.2 Å². The Kier molecular flexibility index (Phi) is 7.62. The zero-order chi connectivity index (χ0) is 22.2. The number of carbonyl (C=O) groups is 2. The molecule has 158 valence electrons. The maximum Gasteiger partial charge on any atom is 0.262 e. The number of anilines is 1. The van der Waals surface area contributed by atoms with Gasteiger partial charge in [-0.25, -0.2) is 0 Å². The quantitative estimate of drug-likeness (QED) is 0.333. The number of halogens is 1. The molecule has 0 saturated heterocycles. The molecule has 0 aliphatic rings. The van der Waals surface area contributed by atoms with Gasteiger partial charge >= 0.3 is 0 Å². The fraction of sp³-hybridized carbons (Fsp3) is 0.120. The summed E-state index contributed by atoms with van der Waals surface area (Å²) < 4.78 is 11.9. The van der Waals surface area contributed by atoms with Crippen LogP contribution in [0.4, 0.5) is 5.69 Å². The first-order chi connectivity index (χ1) is 14.9. The van der Waals surface area contributed by atoms with E-state index in [1.54, 1.807) is 36.4 Å². The smallest absolute Gasteiger partial charge is 0.262 e. The molecular formula is C25H22BrNO4. The van der Waals surface area contributed by atoms with Crippen molar-refractivity contribution in [1.82, 2.24) is 0 Å².